The topological polar surface area (TPSA) is 21.3 Å². The Balaban J connectivity index is 1.62. The lowest BCUT2D eigenvalue weighted by Gasteiger charge is -2.20. The summed E-state index contributed by atoms with van der Waals surface area (Å²) in [6.07, 6.45) is 1.55. The molecule has 1 aliphatic heterocycles. The van der Waals surface area contributed by atoms with E-state index in [9.17, 15) is 0 Å². The van der Waals surface area contributed by atoms with Crippen molar-refractivity contribution in [2.75, 3.05) is 13.2 Å². The highest BCUT2D eigenvalue weighted by atomic mass is 16.5. The molecule has 0 bridgehead atoms. The summed E-state index contributed by atoms with van der Waals surface area (Å²) in [4.78, 5) is 0. The van der Waals surface area contributed by atoms with Crippen LogP contribution in [-0.4, -0.2) is 19.3 Å². The van der Waals surface area contributed by atoms with E-state index in [1.165, 1.54) is 28.7 Å². The Morgan fingerprint density at radius 2 is 1.62 bits per heavy atom. The van der Waals surface area contributed by atoms with Gasteiger partial charge in [0.05, 0.1) is 12.1 Å². The zero-order valence-electron chi connectivity index (χ0n) is 12.4. The maximum absolute atomic E-state index is 5.68. The molecule has 1 N–H and O–H groups in total. The second-order valence-electron chi connectivity index (χ2n) is 6.14. The van der Waals surface area contributed by atoms with Gasteiger partial charge in [-0.05, 0) is 41.5 Å². The van der Waals surface area contributed by atoms with E-state index in [1.54, 1.807) is 0 Å². The summed E-state index contributed by atoms with van der Waals surface area (Å²) in [6, 6.07) is 17.8. The average Bonchev–Trinajstić information content (AvgIpc) is 3.07. The number of benzene rings is 2. The Hall–Kier alpha value is -1.64. The molecule has 2 unspecified atom stereocenters. The van der Waals surface area contributed by atoms with Crippen molar-refractivity contribution in [3.05, 3.63) is 59.7 Å². The highest BCUT2D eigenvalue weighted by Gasteiger charge is 2.30. The van der Waals surface area contributed by atoms with Crippen molar-refractivity contribution in [2.45, 2.75) is 25.5 Å². The van der Waals surface area contributed by atoms with Gasteiger partial charge in [-0.25, -0.2) is 0 Å². The van der Waals surface area contributed by atoms with E-state index in [1.807, 2.05) is 0 Å². The molecule has 2 aromatic carbocycles. The smallest absolute Gasteiger partial charge is 0.0589 e. The molecule has 21 heavy (non-hydrogen) atoms. The molecule has 0 aromatic heterocycles. The molecule has 2 heteroatoms. The van der Waals surface area contributed by atoms with Crippen LogP contribution in [0.3, 0.4) is 0 Å². The van der Waals surface area contributed by atoms with Crippen LogP contribution in [0.15, 0.2) is 48.5 Å². The van der Waals surface area contributed by atoms with E-state index in [0.29, 0.717) is 18.1 Å². The molecule has 1 fully saturated rings. The maximum Gasteiger partial charge on any atom is 0.0589 e. The third-order valence-electron chi connectivity index (χ3n) is 4.95. The third kappa shape index (κ3) is 2.19. The summed E-state index contributed by atoms with van der Waals surface area (Å²) in [5.74, 6) is 0.630. The molecule has 2 aromatic rings. The van der Waals surface area contributed by atoms with E-state index in [2.05, 4.69) is 60.8 Å². The fraction of sp³-hybridized carbons (Fsp3) is 0.368. The lowest BCUT2D eigenvalue weighted by atomic mass is 10.0. The van der Waals surface area contributed by atoms with Gasteiger partial charge >= 0.3 is 0 Å². The molecule has 0 saturated carbocycles. The summed E-state index contributed by atoms with van der Waals surface area (Å²) >= 11 is 0. The highest BCUT2D eigenvalue weighted by molar-refractivity contribution is 5.78. The van der Waals surface area contributed by atoms with Crippen LogP contribution in [0.25, 0.3) is 11.1 Å². The van der Waals surface area contributed by atoms with Crippen molar-refractivity contribution < 1.29 is 4.74 Å². The van der Waals surface area contributed by atoms with Crippen LogP contribution in [0, 0.1) is 5.92 Å². The molecular weight excluding hydrogens is 258 g/mol. The largest absolute Gasteiger partial charge is 0.378 e. The number of hydrogen-bond acceptors (Lipinski definition) is 2. The molecule has 1 heterocycles. The quantitative estimate of drug-likeness (QED) is 0.923. The Bertz CT molecular complexity index is 606. The average molecular weight is 279 g/mol. The van der Waals surface area contributed by atoms with E-state index in [-0.39, 0.29) is 0 Å². The second kappa shape index (κ2) is 5.28. The minimum absolute atomic E-state index is 0.324. The van der Waals surface area contributed by atoms with Crippen LogP contribution < -0.4 is 5.32 Å². The van der Waals surface area contributed by atoms with Gasteiger partial charge in [0.25, 0.3) is 0 Å². The molecule has 0 radical (unpaired) electrons. The van der Waals surface area contributed by atoms with Gasteiger partial charge in [0.1, 0.15) is 0 Å². The summed E-state index contributed by atoms with van der Waals surface area (Å²) in [5, 5.41) is 3.79. The van der Waals surface area contributed by atoms with Crippen molar-refractivity contribution in [3.8, 4) is 11.1 Å². The first-order chi connectivity index (χ1) is 10.3. The predicted octanol–water partition coefficient (Wildman–Crippen LogP) is 3.77. The van der Waals surface area contributed by atoms with Crippen LogP contribution in [0.1, 0.15) is 30.5 Å². The van der Waals surface area contributed by atoms with Gasteiger partial charge in [0, 0.05) is 13.2 Å². The molecule has 1 aliphatic carbocycles. The molecule has 4 rings (SSSR count). The number of rotatable bonds is 3. The van der Waals surface area contributed by atoms with Gasteiger partial charge in [0.2, 0.25) is 0 Å². The minimum Gasteiger partial charge on any atom is -0.378 e. The number of fused-ring (bicyclic) bond motifs is 3. The van der Waals surface area contributed by atoms with Crippen molar-refractivity contribution in [1.82, 2.24) is 5.32 Å². The lowest BCUT2D eigenvalue weighted by molar-refractivity contribution is 0.105. The van der Waals surface area contributed by atoms with Gasteiger partial charge in [-0.15, -0.1) is 0 Å². The summed E-state index contributed by atoms with van der Waals surface area (Å²) in [6.45, 7) is 4.12. The predicted molar refractivity (Wildman–Crippen MR) is 85.2 cm³/mol. The third-order valence-corrected chi connectivity index (χ3v) is 4.95. The summed E-state index contributed by atoms with van der Waals surface area (Å²) in [5.41, 5.74) is 5.57. The first kappa shape index (κ1) is 13.1. The van der Waals surface area contributed by atoms with Crippen molar-refractivity contribution in [1.29, 1.82) is 0 Å². The van der Waals surface area contributed by atoms with Crippen molar-refractivity contribution >= 4 is 0 Å². The van der Waals surface area contributed by atoms with Crippen molar-refractivity contribution in [3.63, 3.8) is 0 Å². The van der Waals surface area contributed by atoms with Gasteiger partial charge in [-0.3, -0.25) is 0 Å². The lowest BCUT2D eigenvalue weighted by Crippen LogP contribution is -2.30. The van der Waals surface area contributed by atoms with Crippen LogP contribution in [0.5, 0.6) is 0 Å². The second-order valence-corrected chi connectivity index (χ2v) is 6.14. The molecular formula is C19H21NO. The zero-order valence-corrected chi connectivity index (χ0v) is 12.4. The Morgan fingerprint density at radius 1 is 1.00 bits per heavy atom. The molecule has 2 atom stereocenters. The number of ether oxygens (including phenoxy) is 1. The van der Waals surface area contributed by atoms with Crippen LogP contribution in [0.2, 0.25) is 0 Å². The Kier molecular flexibility index (Phi) is 3.28. The number of nitrogens with one attached hydrogen (secondary N) is 1. The normalized spacial score (nSPS) is 24.0. The minimum atomic E-state index is 0.324. The van der Waals surface area contributed by atoms with Crippen molar-refractivity contribution in [2.24, 2.45) is 5.92 Å². The molecule has 1 saturated heterocycles. The van der Waals surface area contributed by atoms with E-state index in [4.69, 9.17) is 4.74 Å². The van der Waals surface area contributed by atoms with E-state index < -0.39 is 0 Å². The molecule has 2 nitrogen and oxygen atoms in total. The van der Waals surface area contributed by atoms with Gasteiger partial charge < -0.3 is 10.1 Å². The molecule has 0 amide bonds. The van der Waals surface area contributed by atoms with E-state index >= 15 is 0 Å². The molecule has 108 valence electrons. The van der Waals surface area contributed by atoms with Gasteiger partial charge in [0.15, 0.2) is 0 Å². The van der Waals surface area contributed by atoms with Crippen LogP contribution in [-0.2, 0) is 4.74 Å². The Labute approximate surface area is 126 Å². The van der Waals surface area contributed by atoms with Gasteiger partial charge in [-0.1, -0.05) is 48.5 Å². The van der Waals surface area contributed by atoms with Crippen LogP contribution in [0.4, 0.5) is 0 Å². The fourth-order valence-electron chi connectivity index (χ4n) is 3.69. The zero-order chi connectivity index (χ0) is 14.2. The Morgan fingerprint density at radius 3 is 2.19 bits per heavy atom. The van der Waals surface area contributed by atoms with Gasteiger partial charge in [-0.2, -0.15) is 0 Å². The summed E-state index contributed by atoms with van der Waals surface area (Å²) < 4.78 is 5.68. The fourth-order valence-corrected chi connectivity index (χ4v) is 3.69. The molecule has 0 spiro atoms. The SMILES string of the molecule is CC1OCCC1CNC1c2ccccc2-c2ccccc21. The standard InChI is InChI=1S/C19H21NO/c1-13-14(10-11-21-13)12-20-19-17-8-4-2-6-15(17)16-7-3-5-9-18(16)19/h2-9,13-14,19-20H,10-12H2,1H3. The first-order valence-corrected chi connectivity index (χ1v) is 7.88. The summed E-state index contributed by atoms with van der Waals surface area (Å²) in [7, 11) is 0. The van der Waals surface area contributed by atoms with E-state index in [0.717, 1.165) is 13.2 Å². The number of hydrogen-bond donors (Lipinski definition) is 1. The molecule has 2 aliphatic rings. The monoisotopic (exact) mass is 279 g/mol. The van der Waals surface area contributed by atoms with Crippen LogP contribution >= 0.6 is 0 Å². The maximum atomic E-state index is 5.68. The first-order valence-electron chi connectivity index (χ1n) is 7.88. The highest BCUT2D eigenvalue weighted by Crippen LogP contribution is 2.43.